The Balaban J connectivity index is 2.17. The van der Waals surface area contributed by atoms with Gasteiger partial charge in [-0.25, -0.2) is 9.69 Å². The third-order valence-electron chi connectivity index (χ3n) is 3.41. The van der Waals surface area contributed by atoms with Crippen LogP contribution in [0.2, 0.25) is 0 Å². The molecule has 0 bridgehead atoms. The van der Waals surface area contributed by atoms with Crippen LogP contribution in [0.15, 0.2) is 21.6 Å². The summed E-state index contributed by atoms with van der Waals surface area (Å²) in [5.74, 6) is 1.14. The van der Waals surface area contributed by atoms with E-state index in [2.05, 4.69) is 10.6 Å². The average molecular weight is 294 g/mol. The SMILES string of the molecule is Cc1ccc(C)c(S(=O)ONc2noc(C)c2C)c1C. The first kappa shape index (κ1) is 14.7. The van der Waals surface area contributed by atoms with Crippen molar-refractivity contribution < 1.29 is 13.0 Å². The lowest BCUT2D eigenvalue weighted by molar-refractivity contribution is 0.383. The van der Waals surface area contributed by atoms with Gasteiger partial charge in [0.1, 0.15) is 5.76 Å². The maximum Gasteiger partial charge on any atom is 0.212 e. The van der Waals surface area contributed by atoms with Crippen molar-refractivity contribution in [2.24, 2.45) is 0 Å². The van der Waals surface area contributed by atoms with Crippen LogP contribution in [0.3, 0.4) is 0 Å². The Morgan fingerprint density at radius 2 is 1.75 bits per heavy atom. The number of hydrogen-bond donors (Lipinski definition) is 1. The highest BCUT2D eigenvalue weighted by Crippen LogP contribution is 2.23. The van der Waals surface area contributed by atoms with Crippen LogP contribution in [-0.2, 0) is 15.4 Å². The van der Waals surface area contributed by atoms with Gasteiger partial charge in [-0.3, -0.25) is 0 Å². The normalized spacial score (nSPS) is 12.4. The first-order valence-electron chi connectivity index (χ1n) is 6.26. The average Bonchev–Trinajstić information content (AvgIpc) is 2.72. The van der Waals surface area contributed by atoms with E-state index in [0.29, 0.717) is 16.5 Å². The summed E-state index contributed by atoms with van der Waals surface area (Å²) in [6, 6.07) is 3.94. The number of nitrogens with zero attached hydrogens (tertiary/aromatic N) is 1. The van der Waals surface area contributed by atoms with Crippen molar-refractivity contribution in [3.8, 4) is 0 Å². The fourth-order valence-electron chi connectivity index (χ4n) is 1.81. The second-order valence-corrected chi connectivity index (χ2v) is 5.83. The lowest BCUT2D eigenvalue weighted by Crippen LogP contribution is -2.09. The Hall–Kier alpha value is -1.66. The van der Waals surface area contributed by atoms with Gasteiger partial charge in [-0.2, -0.15) is 4.28 Å². The summed E-state index contributed by atoms with van der Waals surface area (Å²) in [7, 11) is 0. The Morgan fingerprint density at radius 3 is 2.35 bits per heavy atom. The van der Waals surface area contributed by atoms with Gasteiger partial charge in [0.25, 0.3) is 0 Å². The Kier molecular flexibility index (Phi) is 4.25. The van der Waals surface area contributed by atoms with Crippen LogP contribution in [0.5, 0.6) is 0 Å². The molecule has 0 aliphatic carbocycles. The van der Waals surface area contributed by atoms with Crippen LogP contribution in [-0.4, -0.2) is 9.37 Å². The highest BCUT2D eigenvalue weighted by Gasteiger charge is 2.15. The number of hydrogen-bond acceptors (Lipinski definition) is 5. The zero-order chi connectivity index (χ0) is 14.9. The molecule has 2 rings (SSSR count). The maximum absolute atomic E-state index is 12.3. The summed E-state index contributed by atoms with van der Waals surface area (Å²) in [5.41, 5.74) is 6.42. The third kappa shape index (κ3) is 2.76. The minimum absolute atomic E-state index is 0.443. The molecular weight excluding hydrogens is 276 g/mol. The summed E-state index contributed by atoms with van der Waals surface area (Å²) in [5, 5.41) is 3.80. The minimum atomic E-state index is -1.61. The van der Waals surface area contributed by atoms with Gasteiger partial charge >= 0.3 is 0 Å². The van der Waals surface area contributed by atoms with Crippen LogP contribution in [0.25, 0.3) is 0 Å². The molecule has 5 nitrogen and oxygen atoms in total. The summed E-state index contributed by atoms with van der Waals surface area (Å²) in [4.78, 5) is 0.690. The van der Waals surface area contributed by atoms with E-state index in [1.54, 1.807) is 6.92 Å². The second-order valence-electron chi connectivity index (χ2n) is 4.79. The predicted octanol–water partition coefficient (Wildman–Crippen LogP) is 3.28. The molecule has 2 aromatic rings. The van der Waals surface area contributed by atoms with E-state index in [-0.39, 0.29) is 0 Å². The molecule has 0 amide bonds. The number of aryl methyl sites for hydroxylation is 3. The highest BCUT2D eigenvalue weighted by molar-refractivity contribution is 7.80. The zero-order valence-corrected chi connectivity index (χ0v) is 13.1. The number of rotatable bonds is 4. The quantitative estimate of drug-likeness (QED) is 0.877. The second kappa shape index (κ2) is 5.76. The molecule has 1 heterocycles. The Morgan fingerprint density at radius 1 is 1.10 bits per heavy atom. The molecule has 1 unspecified atom stereocenters. The fraction of sp³-hybridized carbons (Fsp3) is 0.357. The summed E-state index contributed by atoms with van der Waals surface area (Å²) in [6.45, 7) is 9.48. The number of anilines is 1. The van der Waals surface area contributed by atoms with Crippen LogP contribution >= 0.6 is 0 Å². The van der Waals surface area contributed by atoms with Gasteiger partial charge in [-0.05, 0) is 51.3 Å². The first-order chi connectivity index (χ1) is 9.41. The van der Waals surface area contributed by atoms with Crippen molar-refractivity contribution in [1.82, 2.24) is 5.16 Å². The minimum Gasteiger partial charge on any atom is -0.359 e. The van der Waals surface area contributed by atoms with E-state index < -0.39 is 11.1 Å². The van der Waals surface area contributed by atoms with Gasteiger partial charge in [0, 0.05) is 5.56 Å². The molecule has 0 saturated carbocycles. The van der Waals surface area contributed by atoms with E-state index in [1.807, 2.05) is 39.8 Å². The summed E-state index contributed by atoms with van der Waals surface area (Å²) >= 11 is -1.61. The lowest BCUT2D eigenvalue weighted by Gasteiger charge is -2.11. The standard InChI is InChI=1S/C14H18N2O3S/c1-8-6-7-9(2)13(10(8)3)20(17)19-16-14-11(4)12(5)18-15-14/h6-7H,1-5H3,(H,15,16). The number of benzene rings is 1. The third-order valence-corrected chi connectivity index (χ3v) is 4.61. The Bertz CT molecular complexity index is 665. The lowest BCUT2D eigenvalue weighted by atomic mass is 10.1. The molecule has 1 N–H and O–H groups in total. The smallest absolute Gasteiger partial charge is 0.212 e. The molecule has 20 heavy (non-hydrogen) atoms. The molecule has 0 aliphatic rings. The van der Waals surface area contributed by atoms with Gasteiger partial charge in [-0.15, -0.1) is 0 Å². The van der Waals surface area contributed by atoms with Gasteiger partial charge in [0.15, 0.2) is 5.82 Å². The molecule has 6 heteroatoms. The fourth-order valence-corrected chi connectivity index (χ4v) is 2.79. The zero-order valence-electron chi connectivity index (χ0n) is 12.2. The summed E-state index contributed by atoms with van der Waals surface area (Å²) < 4.78 is 22.5. The van der Waals surface area contributed by atoms with Gasteiger partial charge < -0.3 is 4.52 Å². The van der Waals surface area contributed by atoms with Crippen LogP contribution in [0.1, 0.15) is 28.0 Å². The van der Waals surface area contributed by atoms with Gasteiger partial charge in [-0.1, -0.05) is 17.3 Å². The van der Waals surface area contributed by atoms with E-state index in [1.165, 1.54) is 0 Å². The van der Waals surface area contributed by atoms with Crippen LogP contribution in [0.4, 0.5) is 5.82 Å². The molecular formula is C14H18N2O3S. The number of aromatic nitrogens is 1. The molecule has 1 atom stereocenters. The topological polar surface area (TPSA) is 64.4 Å². The van der Waals surface area contributed by atoms with E-state index in [9.17, 15) is 4.21 Å². The first-order valence-corrected chi connectivity index (χ1v) is 7.34. The molecule has 0 saturated heterocycles. The van der Waals surface area contributed by atoms with E-state index in [4.69, 9.17) is 8.81 Å². The maximum atomic E-state index is 12.3. The largest absolute Gasteiger partial charge is 0.359 e. The molecule has 0 radical (unpaired) electrons. The van der Waals surface area contributed by atoms with Crippen molar-refractivity contribution in [2.75, 3.05) is 5.48 Å². The van der Waals surface area contributed by atoms with Crippen molar-refractivity contribution in [1.29, 1.82) is 0 Å². The molecule has 0 spiro atoms. The molecule has 0 aliphatic heterocycles. The molecule has 0 fully saturated rings. The van der Waals surface area contributed by atoms with E-state index in [0.717, 1.165) is 22.3 Å². The van der Waals surface area contributed by atoms with Crippen molar-refractivity contribution in [2.45, 2.75) is 39.5 Å². The molecule has 1 aromatic heterocycles. The molecule has 1 aromatic carbocycles. The predicted molar refractivity (Wildman–Crippen MR) is 77.7 cm³/mol. The number of nitrogens with one attached hydrogen (secondary N) is 1. The van der Waals surface area contributed by atoms with Crippen LogP contribution in [0, 0.1) is 34.6 Å². The highest BCUT2D eigenvalue weighted by atomic mass is 32.2. The van der Waals surface area contributed by atoms with Gasteiger partial charge in [0.2, 0.25) is 11.1 Å². The van der Waals surface area contributed by atoms with Crippen molar-refractivity contribution in [3.63, 3.8) is 0 Å². The van der Waals surface area contributed by atoms with Crippen molar-refractivity contribution in [3.05, 3.63) is 40.1 Å². The van der Waals surface area contributed by atoms with E-state index >= 15 is 0 Å². The monoisotopic (exact) mass is 294 g/mol. The Labute approximate surface area is 120 Å². The molecule has 108 valence electrons. The van der Waals surface area contributed by atoms with Crippen molar-refractivity contribution >= 4 is 16.9 Å². The summed E-state index contributed by atoms with van der Waals surface area (Å²) in [6.07, 6.45) is 0. The van der Waals surface area contributed by atoms with Gasteiger partial charge in [0.05, 0.1) is 4.90 Å². The van der Waals surface area contributed by atoms with Crippen LogP contribution < -0.4 is 5.48 Å².